The molecule has 0 saturated heterocycles. The number of carbonyl (C=O) groups excluding carboxylic acids is 1. The van der Waals surface area contributed by atoms with Gasteiger partial charge < -0.3 is 14.8 Å². The number of amides is 1. The third-order valence-electron chi connectivity index (χ3n) is 5.94. The summed E-state index contributed by atoms with van der Waals surface area (Å²) < 4.78 is 13.2. The molecule has 1 amide bonds. The molecular weight excluding hydrogens is 444 g/mol. The fourth-order valence-electron chi connectivity index (χ4n) is 3.76. The number of aromatic amines is 1. The molecule has 9 nitrogen and oxygen atoms in total. The first-order valence-electron chi connectivity index (χ1n) is 12.5. The van der Waals surface area contributed by atoms with Crippen molar-refractivity contribution in [3.05, 3.63) is 35.8 Å². The number of nitrogens with zero attached hydrogens (tertiary/aromatic N) is 3. The van der Waals surface area contributed by atoms with Gasteiger partial charge in [0.15, 0.2) is 23.0 Å². The molecule has 192 valence electrons. The Morgan fingerprint density at radius 3 is 2.63 bits per heavy atom. The SMILES string of the molecule is CCCCCCCC(=O)Nc1ccc(OC)c(OCNC(C)c2n[nH]c3cc(C(C)(C)C)nn23)c1. The Morgan fingerprint density at radius 1 is 1.14 bits per heavy atom. The Hall–Kier alpha value is -3.07. The van der Waals surface area contributed by atoms with Crippen LogP contribution in [0.3, 0.4) is 0 Å². The highest BCUT2D eigenvalue weighted by Crippen LogP contribution is 2.30. The fraction of sp³-hybridized carbons (Fsp3) is 0.577. The van der Waals surface area contributed by atoms with Crippen LogP contribution < -0.4 is 20.1 Å². The second-order valence-corrected chi connectivity index (χ2v) is 9.95. The van der Waals surface area contributed by atoms with Gasteiger partial charge in [0.05, 0.1) is 18.8 Å². The van der Waals surface area contributed by atoms with Crippen LogP contribution in [0.5, 0.6) is 11.5 Å². The second-order valence-electron chi connectivity index (χ2n) is 9.95. The van der Waals surface area contributed by atoms with Gasteiger partial charge in [-0.3, -0.25) is 15.2 Å². The van der Waals surface area contributed by atoms with E-state index in [2.05, 4.69) is 48.5 Å². The predicted molar refractivity (Wildman–Crippen MR) is 138 cm³/mol. The van der Waals surface area contributed by atoms with Gasteiger partial charge in [-0.25, -0.2) is 0 Å². The lowest BCUT2D eigenvalue weighted by Crippen LogP contribution is -2.26. The number of hydrogen-bond acceptors (Lipinski definition) is 6. The smallest absolute Gasteiger partial charge is 0.224 e. The number of fused-ring (bicyclic) bond motifs is 1. The molecule has 1 atom stereocenters. The van der Waals surface area contributed by atoms with Gasteiger partial charge in [-0.2, -0.15) is 14.7 Å². The maximum atomic E-state index is 12.3. The summed E-state index contributed by atoms with van der Waals surface area (Å²) in [7, 11) is 1.60. The van der Waals surface area contributed by atoms with Crippen molar-refractivity contribution in [3.63, 3.8) is 0 Å². The summed E-state index contributed by atoms with van der Waals surface area (Å²) in [5.74, 6) is 1.93. The largest absolute Gasteiger partial charge is 0.493 e. The molecule has 9 heteroatoms. The van der Waals surface area contributed by atoms with E-state index < -0.39 is 0 Å². The van der Waals surface area contributed by atoms with E-state index in [1.807, 2.05) is 23.6 Å². The molecule has 3 rings (SSSR count). The zero-order chi connectivity index (χ0) is 25.4. The number of anilines is 1. The summed E-state index contributed by atoms with van der Waals surface area (Å²) >= 11 is 0. The Morgan fingerprint density at radius 2 is 1.91 bits per heavy atom. The van der Waals surface area contributed by atoms with Crippen molar-refractivity contribution < 1.29 is 14.3 Å². The van der Waals surface area contributed by atoms with Crippen LogP contribution in [-0.2, 0) is 10.2 Å². The van der Waals surface area contributed by atoms with Crippen molar-refractivity contribution in [2.24, 2.45) is 0 Å². The van der Waals surface area contributed by atoms with Crippen molar-refractivity contribution in [1.82, 2.24) is 25.1 Å². The number of carbonyl (C=O) groups is 1. The standard InChI is InChI=1S/C26H40N6O3/c1-7-8-9-10-11-12-24(33)28-19-13-14-20(34-6)21(15-19)35-17-27-18(2)25-30-29-23-16-22(26(3,4)5)31-32(23)25/h13-16,18,27,29H,7-12,17H2,1-6H3,(H,28,33). The van der Waals surface area contributed by atoms with Crippen molar-refractivity contribution in [2.75, 3.05) is 19.2 Å². The van der Waals surface area contributed by atoms with Gasteiger partial charge in [-0.1, -0.05) is 53.4 Å². The minimum absolute atomic E-state index is 0.0146. The molecule has 35 heavy (non-hydrogen) atoms. The Bertz CT molecular complexity index is 1100. The molecule has 3 aromatic rings. The molecule has 0 bridgehead atoms. The number of ether oxygens (including phenoxy) is 2. The van der Waals surface area contributed by atoms with Gasteiger partial charge in [0.25, 0.3) is 0 Å². The molecule has 0 aliphatic heterocycles. The summed E-state index contributed by atoms with van der Waals surface area (Å²) in [5.41, 5.74) is 2.50. The third kappa shape index (κ3) is 7.21. The molecule has 2 heterocycles. The minimum Gasteiger partial charge on any atom is -0.493 e. The van der Waals surface area contributed by atoms with E-state index in [1.165, 1.54) is 19.3 Å². The minimum atomic E-state index is -0.113. The maximum Gasteiger partial charge on any atom is 0.224 e. The topological polar surface area (TPSA) is 106 Å². The zero-order valence-electron chi connectivity index (χ0n) is 21.9. The summed E-state index contributed by atoms with van der Waals surface area (Å²) in [5, 5.41) is 18.5. The normalized spacial score (nSPS) is 12.6. The van der Waals surface area contributed by atoms with Crippen LogP contribution in [0.15, 0.2) is 24.3 Å². The van der Waals surface area contributed by atoms with E-state index in [0.717, 1.165) is 30.0 Å². The number of nitrogens with one attached hydrogen (secondary N) is 3. The number of aromatic nitrogens is 4. The van der Waals surface area contributed by atoms with Crippen molar-refractivity contribution in [3.8, 4) is 11.5 Å². The molecule has 1 aromatic carbocycles. The van der Waals surface area contributed by atoms with Gasteiger partial charge in [-0.15, -0.1) is 0 Å². The first kappa shape index (κ1) is 26.5. The predicted octanol–water partition coefficient (Wildman–Crippen LogP) is 5.35. The number of rotatable bonds is 13. The lowest BCUT2D eigenvalue weighted by Gasteiger charge is -2.16. The van der Waals surface area contributed by atoms with Crippen molar-refractivity contribution in [1.29, 1.82) is 0 Å². The quantitative estimate of drug-likeness (QED) is 0.223. The molecule has 0 aliphatic rings. The monoisotopic (exact) mass is 484 g/mol. The number of methoxy groups -OCH3 is 1. The highest BCUT2D eigenvalue weighted by Gasteiger charge is 2.21. The summed E-state index contributed by atoms with van der Waals surface area (Å²) in [6.07, 6.45) is 6.10. The summed E-state index contributed by atoms with van der Waals surface area (Å²) in [6, 6.07) is 7.32. The summed E-state index contributed by atoms with van der Waals surface area (Å²) in [4.78, 5) is 12.3. The van der Waals surface area contributed by atoms with Crippen LogP contribution >= 0.6 is 0 Å². The number of hydrogen-bond donors (Lipinski definition) is 3. The van der Waals surface area contributed by atoms with Crippen LogP contribution in [-0.4, -0.2) is 39.6 Å². The highest BCUT2D eigenvalue weighted by molar-refractivity contribution is 5.91. The first-order chi connectivity index (χ1) is 16.7. The van der Waals surface area contributed by atoms with Crippen LogP contribution in [0, 0.1) is 0 Å². The molecule has 0 spiro atoms. The van der Waals surface area contributed by atoms with Crippen molar-refractivity contribution in [2.45, 2.75) is 84.6 Å². The molecule has 1 unspecified atom stereocenters. The van der Waals surface area contributed by atoms with E-state index in [9.17, 15) is 4.79 Å². The van der Waals surface area contributed by atoms with E-state index in [-0.39, 0.29) is 24.1 Å². The van der Waals surface area contributed by atoms with Crippen molar-refractivity contribution >= 4 is 17.2 Å². The molecule has 0 radical (unpaired) electrons. The lowest BCUT2D eigenvalue weighted by atomic mass is 9.93. The molecular formula is C26H40N6O3. The number of unbranched alkanes of at least 4 members (excludes halogenated alkanes) is 4. The van der Waals surface area contributed by atoms with E-state index >= 15 is 0 Å². The molecule has 0 aliphatic carbocycles. The number of benzene rings is 1. The Labute approximate surface area is 208 Å². The van der Waals surface area contributed by atoms with Crippen LogP contribution in [0.4, 0.5) is 5.69 Å². The van der Waals surface area contributed by atoms with E-state index in [1.54, 1.807) is 19.2 Å². The maximum absolute atomic E-state index is 12.3. The van der Waals surface area contributed by atoms with Gasteiger partial charge >= 0.3 is 0 Å². The second kappa shape index (κ2) is 12.1. The fourth-order valence-corrected chi connectivity index (χ4v) is 3.76. The Balaban J connectivity index is 1.56. The first-order valence-corrected chi connectivity index (χ1v) is 12.5. The van der Waals surface area contributed by atoms with Gasteiger partial charge in [0.1, 0.15) is 6.73 Å². The third-order valence-corrected chi connectivity index (χ3v) is 5.94. The van der Waals surface area contributed by atoms with Gasteiger partial charge in [-0.05, 0) is 25.5 Å². The van der Waals surface area contributed by atoms with Crippen LogP contribution in [0.25, 0.3) is 5.65 Å². The van der Waals surface area contributed by atoms with Crippen LogP contribution in [0.1, 0.15) is 90.7 Å². The molecule has 0 fully saturated rings. The Kier molecular flexibility index (Phi) is 9.14. The zero-order valence-corrected chi connectivity index (χ0v) is 21.9. The van der Waals surface area contributed by atoms with Gasteiger partial charge in [0, 0.05) is 29.7 Å². The average molecular weight is 485 g/mol. The molecule has 2 aromatic heterocycles. The van der Waals surface area contributed by atoms with E-state index in [0.29, 0.717) is 23.6 Å². The average Bonchev–Trinajstić information content (AvgIpc) is 3.40. The highest BCUT2D eigenvalue weighted by atomic mass is 16.5. The molecule has 0 saturated carbocycles. The lowest BCUT2D eigenvalue weighted by molar-refractivity contribution is -0.116. The molecule has 3 N–H and O–H groups in total. The van der Waals surface area contributed by atoms with Crippen LogP contribution in [0.2, 0.25) is 0 Å². The van der Waals surface area contributed by atoms with E-state index in [4.69, 9.17) is 14.6 Å². The number of H-pyrrole nitrogens is 1. The van der Waals surface area contributed by atoms with Gasteiger partial charge in [0.2, 0.25) is 5.91 Å². The summed E-state index contributed by atoms with van der Waals surface area (Å²) in [6.45, 7) is 10.8.